The molecule has 24 heavy (non-hydrogen) atoms. The number of hydrogen-bond donors (Lipinski definition) is 2. The summed E-state index contributed by atoms with van der Waals surface area (Å²) in [5.74, 6) is -0.220. The first-order chi connectivity index (χ1) is 11.6. The molecule has 0 aliphatic rings. The smallest absolute Gasteiger partial charge is 0.261 e. The third-order valence-electron chi connectivity index (χ3n) is 3.92. The highest BCUT2D eigenvalue weighted by Crippen LogP contribution is 2.30. The van der Waals surface area contributed by atoms with Crippen molar-refractivity contribution in [3.63, 3.8) is 0 Å². The second kappa shape index (κ2) is 6.84. The molecule has 5 heteroatoms. The van der Waals surface area contributed by atoms with Crippen LogP contribution in [0.25, 0.3) is 10.1 Å². The van der Waals surface area contributed by atoms with E-state index in [1.165, 1.54) is 11.3 Å². The summed E-state index contributed by atoms with van der Waals surface area (Å²) in [5, 5.41) is 6.66. The highest BCUT2D eigenvalue weighted by atomic mass is 32.1. The van der Waals surface area contributed by atoms with Crippen LogP contribution in [0.1, 0.15) is 31.2 Å². The Morgan fingerprint density at radius 1 is 1.04 bits per heavy atom. The van der Waals surface area contributed by atoms with Gasteiger partial charge in [-0.05, 0) is 41.6 Å². The molecule has 2 N–H and O–H groups in total. The molecule has 4 nitrogen and oxygen atoms in total. The summed E-state index contributed by atoms with van der Waals surface area (Å²) in [6, 6.07) is 15.3. The van der Waals surface area contributed by atoms with Gasteiger partial charge < -0.3 is 10.6 Å². The fourth-order valence-corrected chi connectivity index (χ4v) is 3.75. The molecule has 0 aliphatic heterocycles. The molecule has 2 aromatic carbocycles. The Kier molecular flexibility index (Phi) is 4.62. The molecular formula is C19H18N2O2S. The normalized spacial score (nSPS) is 10.6. The second-order valence-electron chi connectivity index (χ2n) is 5.51. The number of rotatable bonds is 4. The van der Waals surface area contributed by atoms with Gasteiger partial charge in [-0.2, -0.15) is 0 Å². The van der Waals surface area contributed by atoms with Gasteiger partial charge in [-0.25, -0.2) is 0 Å². The summed E-state index contributed by atoms with van der Waals surface area (Å²) in [5.41, 5.74) is 2.48. The number of thiophene rings is 1. The molecule has 1 aromatic heterocycles. The monoisotopic (exact) mass is 338 g/mol. The average Bonchev–Trinajstić information content (AvgIpc) is 2.96. The van der Waals surface area contributed by atoms with E-state index in [0.29, 0.717) is 12.1 Å². The largest absolute Gasteiger partial charge is 0.355 e. The lowest BCUT2D eigenvalue weighted by Crippen LogP contribution is -2.23. The topological polar surface area (TPSA) is 58.2 Å². The minimum Gasteiger partial charge on any atom is -0.355 e. The Balaban J connectivity index is 1.75. The number of carbonyl (C=O) groups is 2. The Bertz CT molecular complexity index is 915. The zero-order valence-electron chi connectivity index (χ0n) is 13.6. The van der Waals surface area contributed by atoms with Crippen molar-refractivity contribution < 1.29 is 9.59 Å². The molecule has 0 atom stereocenters. The van der Waals surface area contributed by atoms with E-state index in [2.05, 4.69) is 10.6 Å². The second-order valence-corrected chi connectivity index (χ2v) is 6.57. The van der Waals surface area contributed by atoms with Crippen LogP contribution in [-0.2, 0) is 6.54 Å². The Labute approximate surface area is 144 Å². The zero-order chi connectivity index (χ0) is 17.1. The molecule has 0 fully saturated rings. The van der Waals surface area contributed by atoms with E-state index in [4.69, 9.17) is 0 Å². The van der Waals surface area contributed by atoms with Crippen molar-refractivity contribution >= 4 is 33.2 Å². The maximum atomic E-state index is 12.5. The molecule has 1 heterocycles. The van der Waals surface area contributed by atoms with Crippen LogP contribution < -0.4 is 10.6 Å². The molecule has 3 aromatic rings. The van der Waals surface area contributed by atoms with Crippen molar-refractivity contribution in [1.82, 2.24) is 10.6 Å². The van der Waals surface area contributed by atoms with Crippen LogP contribution in [0, 0.1) is 6.92 Å². The summed E-state index contributed by atoms with van der Waals surface area (Å²) in [6.45, 7) is 2.36. The number of nitrogens with one attached hydrogen (secondary N) is 2. The van der Waals surface area contributed by atoms with Crippen LogP contribution in [0.5, 0.6) is 0 Å². The lowest BCUT2D eigenvalue weighted by Gasteiger charge is -2.07. The summed E-state index contributed by atoms with van der Waals surface area (Å²) in [4.78, 5) is 24.9. The van der Waals surface area contributed by atoms with Crippen LogP contribution in [0.3, 0.4) is 0 Å². The molecule has 2 amide bonds. The van der Waals surface area contributed by atoms with Crippen LogP contribution in [0.2, 0.25) is 0 Å². The van der Waals surface area contributed by atoms with Gasteiger partial charge in [0.05, 0.1) is 4.88 Å². The summed E-state index contributed by atoms with van der Waals surface area (Å²) < 4.78 is 1.11. The molecule has 122 valence electrons. The van der Waals surface area contributed by atoms with Crippen molar-refractivity contribution in [1.29, 1.82) is 0 Å². The average molecular weight is 338 g/mol. The fourth-order valence-electron chi connectivity index (χ4n) is 2.62. The maximum Gasteiger partial charge on any atom is 0.261 e. The molecule has 0 saturated heterocycles. The van der Waals surface area contributed by atoms with Gasteiger partial charge in [0.1, 0.15) is 0 Å². The third kappa shape index (κ3) is 3.16. The van der Waals surface area contributed by atoms with Gasteiger partial charge in [0, 0.05) is 23.9 Å². The van der Waals surface area contributed by atoms with E-state index in [1.807, 2.05) is 43.3 Å². The van der Waals surface area contributed by atoms with E-state index in [9.17, 15) is 9.59 Å². The lowest BCUT2D eigenvalue weighted by molar-refractivity contribution is 0.0951. The zero-order valence-corrected chi connectivity index (χ0v) is 14.4. The van der Waals surface area contributed by atoms with Gasteiger partial charge in [-0.1, -0.05) is 30.3 Å². The number of carbonyl (C=O) groups excluding carboxylic acids is 2. The Hall–Kier alpha value is -2.66. The molecule has 0 unspecified atom stereocenters. The lowest BCUT2D eigenvalue weighted by atomic mass is 10.1. The first-order valence-electron chi connectivity index (χ1n) is 7.67. The van der Waals surface area contributed by atoms with E-state index in [-0.39, 0.29) is 11.8 Å². The molecule has 0 bridgehead atoms. The number of amides is 2. The van der Waals surface area contributed by atoms with Crippen molar-refractivity contribution in [2.45, 2.75) is 13.5 Å². The molecular weight excluding hydrogens is 320 g/mol. The Morgan fingerprint density at radius 3 is 2.58 bits per heavy atom. The van der Waals surface area contributed by atoms with Crippen LogP contribution in [-0.4, -0.2) is 18.9 Å². The van der Waals surface area contributed by atoms with Gasteiger partial charge in [0.25, 0.3) is 11.8 Å². The van der Waals surface area contributed by atoms with Crippen LogP contribution in [0.4, 0.5) is 0 Å². The highest BCUT2D eigenvalue weighted by Gasteiger charge is 2.15. The molecule has 0 saturated carbocycles. The van der Waals surface area contributed by atoms with E-state index in [0.717, 1.165) is 26.1 Å². The quantitative estimate of drug-likeness (QED) is 0.765. The van der Waals surface area contributed by atoms with Crippen molar-refractivity contribution in [2.24, 2.45) is 0 Å². The third-order valence-corrected chi connectivity index (χ3v) is 5.19. The number of hydrogen-bond acceptors (Lipinski definition) is 3. The number of aryl methyl sites for hydroxylation is 1. The van der Waals surface area contributed by atoms with E-state index < -0.39 is 0 Å². The summed E-state index contributed by atoms with van der Waals surface area (Å²) in [7, 11) is 1.60. The summed E-state index contributed by atoms with van der Waals surface area (Å²) in [6.07, 6.45) is 0. The van der Waals surface area contributed by atoms with Gasteiger partial charge >= 0.3 is 0 Å². The summed E-state index contributed by atoms with van der Waals surface area (Å²) >= 11 is 1.50. The first-order valence-corrected chi connectivity index (χ1v) is 8.49. The predicted octanol–water partition coefficient (Wildman–Crippen LogP) is 3.50. The van der Waals surface area contributed by atoms with Crippen molar-refractivity contribution in [2.75, 3.05) is 7.05 Å². The van der Waals surface area contributed by atoms with E-state index in [1.54, 1.807) is 19.2 Å². The highest BCUT2D eigenvalue weighted by molar-refractivity contribution is 7.21. The van der Waals surface area contributed by atoms with Gasteiger partial charge in [-0.15, -0.1) is 11.3 Å². The van der Waals surface area contributed by atoms with E-state index >= 15 is 0 Å². The fraction of sp³-hybridized carbons (Fsp3) is 0.158. The Morgan fingerprint density at radius 2 is 1.83 bits per heavy atom. The molecule has 3 rings (SSSR count). The molecule has 0 aliphatic carbocycles. The first kappa shape index (κ1) is 16.2. The van der Waals surface area contributed by atoms with Crippen LogP contribution >= 0.6 is 11.3 Å². The van der Waals surface area contributed by atoms with Crippen molar-refractivity contribution in [3.05, 3.63) is 70.1 Å². The maximum absolute atomic E-state index is 12.5. The molecule has 0 radical (unpaired) electrons. The van der Waals surface area contributed by atoms with Crippen LogP contribution in [0.15, 0.2) is 48.5 Å². The van der Waals surface area contributed by atoms with Crippen molar-refractivity contribution in [3.8, 4) is 0 Å². The van der Waals surface area contributed by atoms with Gasteiger partial charge in [0.2, 0.25) is 0 Å². The SMILES string of the molecule is CNC(=O)c1cccc(CNC(=O)c2sc3ccccc3c2C)c1. The number of benzene rings is 2. The standard InChI is InChI=1S/C19H18N2O2S/c1-12-15-8-3-4-9-16(15)24-17(12)19(23)21-11-13-6-5-7-14(10-13)18(22)20-2/h3-10H,11H2,1-2H3,(H,20,22)(H,21,23). The van der Waals surface area contributed by atoms with Gasteiger partial charge in [-0.3, -0.25) is 9.59 Å². The minimum absolute atomic E-state index is 0.0842. The van der Waals surface area contributed by atoms with Gasteiger partial charge in [0.15, 0.2) is 0 Å². The minimum atomic E-state index is -0.136. The predicted molar refractivity (Wildman–Crippen MR) is 97.6 cm³/mol. The molecule has 0 spiro atoms. The number of fused-ring (bicyclic) bond motifs is 1.